The first kappa shape index (κ1) is 18.8. The van der Waals surface area contributed by atoms with E-state index < -0.39 is 0 Å². The third-order valence-corrected chi connectivity index (χ3v) is 5.81. The highest BCUT2D eigenvalue weighted by molar-refractivity contribution is 7.99. The van der Waals surface area contributed by atoms with E-state index in [1.54, 1.807) is 0 Å². The molecule has 0 aliphatic carbocycles. The fraction of sp³-hybridized carbons (Fsp3) is 0.250. The largest absolute Gasteiger partial charge is 0.367 e. The Morgan fingerprint density at radius 1 is 1.04 bits per heavy atom. The summed E-state index contributed by atoms with van der Waals surface area (Å²) in [5.74, 6) is 1.15. The van der Waals surface area contributed by atoms with Gasteiger partial charge in [0.15, 0.2) is 5.82 Å². The van der Waals surface area contributed by atoms with Crippen LogP contribution in [0.4, 0.5) is 5.69 Å². The number of piperazine rings is 1. The van der Waals surface area contributed by atoms with Gasteiger partial charge in [0.2, 0.25) is 11.1 Å². The minimum Gasteiger partial charge on any atom is -0.367 e. The zero-order chi connectivity index (χ0) is 19.3. The minimum absolute atomic E-state index is 0.106. The summed E-state index contributed by atoms with van der Waals surface area (Å²) in [7, 11) is 0. The molecule has 2 aromatic carbocycles. The van der Waals surface area contributed by atoms with Crippen LogP contribution in [-0.2, 0) is 4.79 Å². The van der Waals surface area contributed by atoms with Gasteiger partial charge < -0.3 is 9.80 Å². The number of rotatable bonds is 5. The second-order valence-corrected chi connectivity index (χ2v) is 7.79. The number of aromatic amines is 1. The summed E-state index contributed by atoms with van der Waals surface area (Å²) in [5, 5.41) is 8.46. The van der Waals surface area contributed by atoms with Gasteiger partial charge in [0, 0.05) is 31.7 Å². The molecule has 144 valence electrons. The van der Waals surface area contributed by atoms with E-state index in [1.807, 2.05) is 59.5 Å². The van der Waals surface area contributed by atoms with Crippen LogP contribution < -0.4 is 4.90 Å². The average molecular weight is 414 g/mol. The Balaban J connectivity index is 1.28. The Morgan fingerprint density at radius 3 is 2.50 bits per heavy atom. The van der Waals surface area contributed by atoms with Crippen molar-refractivity contribution in [3.63, 3.8) is 0 Å². The summed E-state index contributed by atoms with van der Waals surface area (Å²) in [6.45, 7) is 2.93. The van der Waals surface area contributed by atoms with Crippen LogP contribution in [0.5, 0.6) is 0 Å². The molecule has 1 N–H and O–H groups in total. The Bertz CT molecular complexity index is 941. The first-order valence-electron chi connectivity index (χ1n) is 9.08. The maximum absolute atomic E-state index is 12.6. The molecule has 1 aliphatic heterocycles. The zero-order valence-electron chi connectivity index (χ0n) is 15.2. The van der Waals surface area contributed by atoms with Crippen LogP contribution in [-0.4, -0.2) is 57.9 Å². The highest BCUT2D eigenvalue weighted by Gasteiger charge is 2.22. The van der Waals surface area contributed by atoms with Crippen molar-refractivity contribution >= 4 is 35.0 Å². The molecule has 0 radical (unpaired) electrons. The van der Waals surface area contributed by atoms with Gasteiger partial charge in [0.05, 0.1) is 16.5 Å². The number of benzene rings is 2. The van der Waals surface area contributed by atoms with E-state index in [2.05, 4.69) is 20.1 Å². The quantitative estimate of drug-likeness (QED) is 0.648. The Labute approximate surface area is 172 Å². The van der Waals surface area contributed by atoms with Crippen molar-refractivity contribution in [3.05, 3.63) is 59.6 Å². The number of thioether (sulfide) groups is 1. The molecule has 6 nitrogen and oxygen atoms in total. The van der Waals surface area contributed by atoms with Gasteiger partial charge in [0.1, 0.15) is 0 Å². The topological polar surface area (TPSA) is 65.1 Å². The standard InChI is InChI=1S/C20H20ClN5OS/c21-16-8-4-5-9-17(16)25-10-12-26(13-11-25)18(27)14-28-20-22-19(23-24-20)15-6-2-1-3-7-15/h1-9H,10-14H2,(H,22,23,24). The van der Waals surface area contributed by atoms with Gasteiger partial charge >= 0.3 is 0 Å². The number of carbonyl (C=O) groups excluding carboxylic acids is 1. The van der Waals surface area contributed by atoms with Gasteiger partial charge in [-0.3, -0.25) is 9.89 Å². The average Bonchev–Trinajstić information content (AvgIpc) is 3.22. The molecule has 2 heterocycles. The van der Waals surface area contributed by atoms with Crippen LogP contribution in [0.2, 0.25) is 5.02 Å². The molecule has 8 heteroatoms. The normalized spacial score (nSPS) is 14.3. The van der Waals surface area contributed by atoms with Crippen molar-refractivity contribution in [3.8, 4) is 11.4 Å². The van der Waals surface area contributed by atoms with Gasteiger partial charge in [-0.25, -0.2) is 4.98 Å². The van der Waals surface area contributed by atoms with Crippen molar-refractivity contribution in [1.82, 2.24) is 20.1 Å². The van der Waals surface area contributed by atoms with Crippen molar-refractivity contribution < 1.29 is 4.79 Å². The lowest BCUT2D eigenvalue weighted by atomic mass is 10.2. The van der Waals surface area contributed by atoms with E-state index in [0.717, 1.165) is 29.4 Å². The highest BCUT2D eigenvalue weighted by atomic mass is 35.5. The lowest BCUT2D eigenvalue weighted by molar-refractivity contribution is -0.128. The number of halogens is 1. The smallest absolute Gasteiger partial charge is 0.233 e. The molecule has 0 saturated carbocycles. The Kier molecular flexibility index (Phi) is 5.83. The van der Waals surface area contributed by atoms with E-state index in [4.69, 9.17) is 11.6 Å². The summed E-state index contributed by atoms with van der Waals surface area (Å²) >= 11 is 7.64. The predicted octanol–water partition coefficient (Wildman–Crippen LogP) is 3.57. The SMILES string of the molecule is O=C(CSc1n[nH]c(-c2ccccc2)n1)N1CCN(c2ccccc2Cl)CC1. The predicted molar refractivity (Wildman–Crippen MR) is 113 cm³/mol. The number of para-hydroxylation sites is 1. The van der Waals surface area contributed by atoms with E-state index >= 15 is 0 Å². The maximum Gasteiger partial charge on any atom is 0.233 e. The molecule has 0 unspecified atom stereocenters. The number of hydrogen-bond donors (Lipinski definition) is 1. The van der Waals surface area contributed by atoms with Gasteiger partial charge in [0.25, 0.3) is 0 Å². The van der Waals surface area contributed by atoms with Gasteiger partial charge in [-0.2, -0.15) is 0 Å². The molecule has 1 saturated heterocycles. The number of aromatic nitrogens is 3. The first-order chi connectivity index (χ1) is 13.7. The number of nitrogens with one attached hydrogen (secondary N) is 1. The summed E-state index contributed by atoms with van der Waals surface area (Å²) in [5.41, 5.74) is 2.00. The number of amides is 1. The molecule has 1 amide bonds. The number of nitrogens with zero attached hydrogens (tertiary/aromatic N) is 4. The Hall–Kier alpha value is -2.51. The molecule has 1 aliphatic rings. The zero-order valence-corrected chi connectivity index (χ0v) is 16.8. The van der Waals surface area contributed by atoms with Crippen molar-refractivity contribution in [2.24, 2.45) is 0 Å². The number of hydrogen-bond acceptors (Lipinski definition) is 5. The summed E-state index contributed by atoms with van der Waals surface area (Å²) in [6.07, 6.45) is 0. The lowest BCUT2D eigenvalue weighted by Gasteiger charge is -2.36. The molecule has 0 bridgehead atoms. The molecular formula is C20H20ClN5OS. The maximum atomic E-state index is 12.6. The van der Waals surface area contributed by atoms with Crippen LogP contribution in [0.1, 0.15) is 0 Å². The summed E-state index contributed by atoms with van der Waals surface area (Å²) in [6, 6.07) is 17.6. The second-order valence-electron chi connectivity index (χ2n) is 6.44. The van der Waals surface area contributed by atoms with E-state index in [1.165, 1.54) is 11.8 Å². The van der Waals surface area contributed by atoms with Crippen molar-refractivity contribution in [2.75, 3.05) is 36.8 Å². The molecule has 3 aromatic rings. The van der Waals surface area contributed by atoms with Crippen LogP contribution >= 0.6 is 23.4 Å². The summed E-state index contributed by atoms with van der Waals surface area (Å²) < 4.78 is 0. The number of H-pyrrole nitrogens is 1. The molecule has 0 spiro atoms. The van der Waals surface area contributed by atoms with Gasteiger partial charge in [-0.05, 0) is 12.1 Å². The fourth-order valence-electron chi connectivity index (χ4n) is 3.16. The molecule has 1 fully saturated rings. The summed E-state index contributed by atoms with van der Waals surface area (Å²) in [4.78, 5) is 21.1. The third kappa shape index (κ3) is 4.31. The molecule has 28 heavy (non-hydrogen) atoms. The second kappa shape index (κ2) is 8.67. The van der Waals surface area contributed by atoms with Gasteiger partial charge in [-0.1, -0.05) is 65.8 Å². The van der Waals surface area contributed by atoms with Crippen LogP contribution in [0.25, 0.3) is 11.4 Å². The molecular weight excluding hydrogens is 394 g/mol. The molecule has 0 atom stereocenters. The van der Waals surface area contributed by atoms with Gasteiger partial charge in [-0.15, -0.1) is 5.10 Å². The monoisotopic (exact) mass is 413 g/mol. The fourth-order valence-corrected chi connectivity index (χ4v) is 4.12. The lowest BCUT2D eigenvalue weighted by Crippen LogP contribution is -2.49. The number of anilines is 1. The Morgan fingerprint density at radius 2 is 1.75 bits per heavy atom. The molecule has 1 aromatic heterocycles. The first-order valence-corrected chi connectivity index (χ1v) is 10.4. The van der Waals surface area contributed by atoms with Crippen molar-refractivity contribution in [1.29, 1.82) is 0 Å². The van der Waals surface area contributed by atoms with E-state index in [0.29, 0.717) is 29.8 Å². The van der Waals surface area contributed by atoms with Crippen molar-refractivity contribution in [2.45, 2.75) is 5.16 Å². The third-order valence-electron chi connectivity index (χ3n) is 4.66. The van der Waals surface area contributed by atoms with E-state index in [9.17, 15) is 4.79 Å². The van der Waals surface area contributed by atoms with Crippen LogP contribution in [0, 0.1) is 0 Å². The number of carbonyl (C=O) groups is 1. The van der Waals surface area contributed by atoms with Crippen LogP contribution in [0.3, 0.4) is 0 Å². The van der Waals surface area contributed by atoms with E-state index in [-0.39, 0.29) is 5.91 Å². The molecule has 4 rings (SSSR count). The van der Waals surface area contributed by atoms with Crippen LogP contribution in [0.15, 0.2) is 59.8 Å². The minimum atomic E-state index is 0.106. The highest BCUT2D eigenvalue weighted by Crippen LogP contribution is 2.26.